The second kappa shape index (κ2) is 11.1. The Hall–Kier alpha value is -3.10. The van der Waals surface area contributed by atoms with Gasteiger partial charge in [0.15, 0.2) is 23.0 Å². The molecule has 0 unspecified atom stereocenters. The smallest absolute Gasteiger partial charge is 0.306 e. The molecule has 0 aromatic heterocycles. The topological polar surface area (TPSA) is 91.3 Å². The lowest BCUT2D eigenvalue weighted by Gasteiger charge is -2.20. The fourth-order valence-corrected chi connectivity index (χ4v) is 4.49. The summed E-state index contributed by atoms with van der Waals surface area (Å²) in [6.07, 6.45) is 2.92. The molecule has 0 bridgehead atoms. The van der Waals surface area contributed by atoms with E-state index >= 15 is 0 Å². The van der Waals surface area contributed by atoms with Gasteiger partial charge in [0.2, 0.25) is 0 Å². The third kappa shape index (κ3) is 5.94. The third-order valence-electron chi connectivity index (χ3n) is 5.41. The lowest BCUT2D eigenvalue weighted by molar-refractivity contribution is 0.288. The van der Waals surface area contributed by atoms with Crippen molar-refractivity contribution in [2.75, 3.05) is 27.1 Å². The molecule has 188 valence electrons. The summed E-state index contributed by atoms with van der Waals surface area (Å²) in [5.41, 5.74) is 2.92. The summed E-state index contributed by atoms with van der Waals surface area (Å²) in [5.74, 6) is 1.43. The van der Waals surface area contributed by atoms with Crippen LogP contribution in [0.1, 0.15) is 25.3 Å². The highest BCUT2D eigenvalue weighted by Gasteiger charge is 2.24. The van der Waals surface area contributed by atoms with Crippen molar-refractivity contribution in [1.29, 1.82) is 0 Å². The molecule has 3 aromatic rings. The summed E-state index contributed by atoms with van der Waals surface area (Å²) in [6.45, 7) is 4.48. The first-order valence-corrected chi connectivity index (χ1v) is 13.2. The normalized spacial score (nSPS) is 11.3. The highest BCUT2D eigenvalue weighted by Crippen LogP contribution is 2.51. The van der Waals surface area contributed by atoms with Crippen LogP contribution in [0.2, 0.25) is 5.02 Å². The summed E-state index contributed by atoms with van der Waals surface area (Å²) in [7, 11) is -0.644. The molecular weight excluding hydrogens is 492 g/mol. The van der Waals surface area contributed by atoms with Crippen molar-refractivity contribution in [1.82, 2.24) is 0 Å². The van der Waals surface area contributed by atoms with E-state index in [-0.39, 0.29) is 17.2 Å². The fraction of sp³-hybridized carbons (Fsp3) is 0.308. The molecular formula is C26H29ClO7S. The van der Waals surface area contributed by atoms with E-state index in [1.54, 1.807) is 38.3 Å². The van der Waals surface area contributed by atoms with Crippen LogP contribution < -0.4 is 18.4 Å². The predicted octanol–water partition coefficient (Wildman–Crippen LogP) is 6.22. The Balaban J connectivity index is 2.09. The fourth-order valence-electron chi connectivity index (χ4n) is 3.74. The molecule has 7 nitrogen and oxygen atoms in total. The minimum atomic E-state index is -3.65. The molecule has 9 heteroatoms. The van der Waals surface area contributed by atoms with Gasteiger partial charge in [-0.3, -0.25) is 0 Å². The zero-order valence-corrected chi connectivity index (χ0v) is 21.9. The minimum Gasteiger partial charge on any atom is -0.504 e. The molecule has 3 aromatic carbocycles. The summed E-state index contributed by atoms with van der Waals surface area (Å²) in [6, 6.07) is 11.7. The van der Waals surface area contributed by atoms with E-state index < -0.39 is 10.1 Å². The molecule has 35 heavy (non-hydrogen) atoms. The van der Waals surface area contributed by atoms with Crippen LogP contribution in [0.4, 0.5) is 0 Å². The van der Waals surface area contributed by atoms with Crippen LogP contribution in [-0.2, 0) is 10.1 Å². The predicted molar refractivity (Wildman–Crippen MR) is 138 cm³/mol. The van der Waals surface area contributed by atoms with Gasteiger partial charge in [-0.25, -0.2) is 0 Å². The van der Waals surface area contributed by atoms with E-state index in [9.17, 15) is 13.5 Å². The Labute approximate surface area is 211 Å². The van der Waals surface area contributed by atoms with Gasteiger partial charge in [0.05, 0.1) is 32.1 Å². The standard InChI is InChI=1S/C26H29ClO7S/c1-6-7-14-33-20-13-10-18(15-21(20)31-3)22-16(2)24(27)23(26(32-4)25(22)28)17-8-11-19(12-9-17)34-35(5,29)30/h8-13,15,28H,6-7,14H2,1-5H3. The quantitative estimate of drug-likeness (QED) is 0.250. The van der Waals surface area contributed by atoms with Crippen molar-refractivity contribution < 1.29 is 31.9 Å². The number of rotatable bonds is 10. The van der Waals surface area contributed by atoms with Crippen LogP contribution >= 0.6 is 11.6 Å². The molecule has 0 amide bonds. The maximum atomic E-state index is 11.4. The Morgan fingerprint density at radius 1 is 0.943 bits per heavy atom. The zero-order valence-electron chi connectivity index (χ0n) is 20.3. The van der Waals surface area contributed by atoms with Crippen molar-refractivity contribution in [2.45, 2.75) is 26.7 Å². The molecule has 1 N–H and O–H groups in total. The molecule has 0 radical (unpaired) electrons. The Morgan fingerprint density at radius 3 is 2.17 bits per heavy atom. The first-order chi connectivity index (χ1) is 16.6. The van der Waals surface area contributed by atoms with Gasteiger partial charge in [-0.1, -0.05) is 43.1 Å². The summed E-state index contributed by atoms with van der Waals surface area (Å²) in [4.78, 5) is 0. The first-order valence-electron chi connectivity index (χ1n) is 11.0. The second-order valence-electron chi connectivity index (χ2n) is 7.95. The van der Waals surface area contributed by atoms with Crippen LogP contribution in [-0.4, -0.2) is 40.6 Å². The number of unbranched alkanes of at least 4 members (excludes halogenated alkanes) is 1. The Morgan fingerprint density at radius 2 is 1.60 bits per heavy atom. The maximum absolute atomic E-state index is 11.4. The van der Waals surface area contributed by atoms with Crippen LogP contribution in [0.25, 0.3) is 22.3 Å². The van der Waals surface area contributed by atoms with Crippen LogP contribution in [0, 0.1) is 6.92 Å². The lowest BCUT2D eigenvalue weighted by Crippen LogP contribution is -2.05. The van der Waals surface area contributed by atoms with Gasteiger partial charge in [-0.15, -0.1) is 0 Å². The molecule has 0 fully saturated rings. The largest absolute Gasteiger partial charge is 0.504 e. The molecule has 0 aliphatic heterocycles. The maximum Gasteiger partial charge on any atom is 0.306 e. The number of aromatic hydroxyl groups is 1. The van der Waals surface area contributed by atoms with E-state index in [2.05, 4.69) is 6.92 Å². The number of ether oxygens (including phenoxy) is 3. The molecule has 0 aliphatic carbocycles. The van der Waals surface area contributed by atoms with Gasteiger partial charge >= 0.3 is 10.1 Å². The van der Waals surface area contributed by atoms with Crippen molar-refractivity contribution in [3.63, 3.8) is 0 Å². The van der Waals surface area contributed by atoms with Crippen LogP contribution in [0.15, 0.2) is 42.5 Å². The minimum absolute atomic E-state index is 0.0810. The van der Waals surface area contributed by atoms with Crippen molar-refractivity contribution in [3.8, 4) is 51.0 Å². The van der Waals surface area contributed by atoms with Gasteiger partial charge in [-0.2, -0.15) is 8.42 Å². The Kier molecular flexibility index (Phi) is 8.40. The number of methoxy groups -OCH3 is 2. The third-order valence-corrected chi connectivity index (χ3v) is 6.37. The molecule has 3 rings (SSSR count). The van der Waals surface area contributed by atoms with E-state index in [4.69, 9.17) is 30.0 Å². The number of benzene rings is 3. The molecule has 0 aliphatic rings. The molecule has 0 saturated carbocycles. The van der Waals surface area contributed by atoms with Gasteiger partial charge in [0, 0.05) is 11.1 Å². The van der Waals surface area contributed by atoms with Crippen molar-refractivity contribution in [2.24, 2.45) is 0 Å². The number of phenols is 1. The second-order valence-corrected chi connectivity index (χ2v) is 9.90. The molecule has 0 saturated heterocycles. The molecule has 0 atom stereocenters. The van der Waals surface area contributed by atoms with Crippen LogP contribution in [0.3, 0.4) is 0 Å². The van der Waals surface area contributed by atoms with Crippen molar-refractivity contribution in [3.05, 3.63) is 53.1 Å². The molecule has 0 spiro atoms. The van der Waals surface area contributed by atoms with E-state index in [0.717, 1.165) is 19.1 Å². The highest BCUT2D eigenvalue weighted by molar-refractivity contribution is 7.86. The summed E-state index contributed by atoms with van der Waals surface area (Å²) >= 11 is 6.80. The average Bonchev–Trinajstić information content (AvgIpc) is 2.81. The number of phenolic OH excluding ortho intramolecular Hbond substituents is 1. The average molecular weight is 521 g/mol. The number of hydrogen-bond acceptors (Lipinski definition) is 7. The van der Waals surface area contributed by atoms with Crippen LogP contribution in [0.5, 0.6) is 28.7 Å². The summed E-state index contributed by atoms with van der Waals surface area (Å²) < 4.78 is 44.6. The Bertz CT molecular complexity index is 1300. The van der Waals surface area contributed by atoms with Gasteiger partial charge < -0.3 is 23.5 Å². The van der Waals surface area contributed by atoms with E-state index in [1.165, 1.54) is 19.2 Å². The van der Waals surface area contributed by atoms with Gasteiger partial charge in [0.25, 0.3) is 0 Å². The number of hydrogen-bond donors (Lipinski definition) is 1. The van der Waals surface area contributed by atoms with E-state index in [0.29, 0.717) is 50.9 Å². The first kappa shape index (κ1) is 26.5. The number of halogens is 1. The SMILES string of the molecule is CCCCOc1ccc(-c2c(C)c(Cl)c(-c3ccc(OS(C)(=O)=O)cc3)c(OC)c2O)cc1OC. The molecule has 0 heterocycles. The monoisotopic (exact) mass is 520 g/mol. The van der Waals surface area contributed by atoms with E-state index in [1.807, 2.05) is 6.07 Å². The highest BCUT2D eigenvalue weighted by atomic mass is 35.5. The van der Waals surface area contributed by atoms with Crippen molar-refractivity contribution >= 4 is 21.7 Å². The zero-order chi connectivity index (χ0) is 25.8. The van der Waals surface area contributed by atoms with Gasteiger partial charge in [-0.05, 0) is 54.3 Å². The van der Waals surface area contributed by atoms with Gasteiger partial charge in [0.1, 0.15) is 5.75 Å². The summed E-state index contributed by atoms with van der Waals surface area (Å²) in [5, 5.41) is 11.6. The lowest BCUT2D eigenvalue weighted by atomic mass is 9.93.